The molecule has 3 fully saturated rings. The van der Waals surface area contributed by atoms with E-state index in [1.165, 1.54) is 12.1 Å². The highest BCUT2D eigenvalue weighted by atomic mass is 19.2. The molecule has 6 heteroatoms. The smallest absolute Gasteiger partial charge is 0.159 e. The second-order valence-corrected chi connectivity index (χ2v) is 8.37. The fraction of sp³-hybridized carbons (Fsp3) is 0.417. The van der Waals surface area contributed by atoms with Crippen molar-refractivity contribution in [1.82, 2.24) is 9.80 Å². The molecule has 158 valence electrons. The van der Waals surface area contributed by atoms with Crippen LogP contribution < -0.4 is 0 Å². The van der Waals surface area contributed by atoms with Crippen molar-refractivity contribution in [2.75, 3.05) is 19.6 Å². The number of hydrogen-bond donors (Lipinski definition) is 0. The molecular weight excluding hydrogens is 392 g/mol. The van der Waals surface area contributed by atoms with Crippen molar-refractivity contribution in [2.45, 2.75) is 32.0 Å². The molecule has 2 bridgehead atoms. The van der Waals surface area contributed by atoms with Crippen LogP contribution in [0.4, 0.5) is 17.6 Å². The number of rotatable bonds is 6. The average Bonchev–Trinajstić information content (AvgIpc) is 2.74. The van der Waals surface area contributed by atoms with Crippen LogP contribution in [0, 0.1) is 47.4 Å². The van der Waals surface area contributed by atoms with Gasteiger partial charge < -0.3 is 0 Å². The van der Waals surface area contributed by atoms with E-state index in [-0.39, 0.29) is 5.92 Å². The highest BCUT2D eigenvalue weighted by Crippen LogP contribution is 2.36. The molecule has 3 aliphatic rings. The summed E-state index contributed by atoms with van der Waals surface area (Å²) in [6.45, 7) is 3.31. The van der Waals surface area contributed by atoms with E-state index in [9.17, 15) is 17.6 Å². The van der Waals surface area contributed by atoms with E-state index in [1.807, 2.05) is 0 Å². The van der Waals surface area contributed by atoms with Crippen molar-refractivity contribution < 1.29 is 17.6 Å². The zero-order chi connectivity index (χ0) is 21.3. The van der Waals surface area contributed by atoms with E-state index in [2.05, 4.69) is 15.7 Å². The number of halogens is 4. The van der Waals surface area contributed by atoms with Crippen LogP contribution in [-0.2, 0) is 13.1 Å². The van der Waals surface area contributed by atoms with Gasteiger partial charge in [0.15, 0.2) is 23.3 Å². The number of hydrogen-bond acceptors (Lipinski definition) is 2. The van der Waals surface area contributed by atoms with Gasteiger partial charge in [-0.05, 0) is 60.7 Å². The van der Waals surface area contributed by atoms with E-state index >= 15 is 0 Å². The first-order valence-corrected chi connectivity index (χ1v) is 10.2. The second-order valence-electron chi connectivity index (χ2n) is 8.37. The summed E-state index contributed by atoms with van der Waals surface area (Å²) < 4.78 is 54.1. The lowest BCUT2D eigenvalue weighted by atomic mass is 9.76. The summed E-state index contributed by atoms with van der Waals surface area (Å²) in [5.74, 6) is 0.123. The maximum absolute atomic E-state index is 13.7. The van der Waals surface area contributed by atoms with E-state index in [0.29, 0.717) is 42.7 Å². The monoisotopic (exact) mass is 416 g/mol. The highest BCUT2D eigenvalue weighted by molar-refractivity contribution is 5.20. The molecule has 0 aliphatic carbocycles. The quantitative estimate of drug-likeness (QED) is 0.502. The Hall–Kier alpha value is -2.36. The SMILES string of the molecule is C#C[C@@H]1CN2CC[C@H]1C[C@@H]2CN(Cc1ccc(F)c(F)c1)Cc1ccc(F)c(F)c1. The molecule has 0 N–H and O–H groups in total. The Kier molecular flexibility index (Phi) is 6.12. The molecule has 0 radical (unpaired) electrons. The van der Waals surface area contributed by atoms with Gasteiger partial charge in [-0.15, -0.1) is 12.3 Å². The van der Waals surface area contributed by atoms with Crippen LogP contribution in [0.3, 0.4) is 0 Å². The maximum atomic E-state index is 13.7. The molecule has 3 aliphatic heterocycles. The minimum atomic E-state index is -0.891. The van der Waals surface area contributed by atoms with Crippen molar-refractivity contribution in [3.05, 3.63) is 70.8 Å². The molecule has 5 rings (SSSR count). The standard InChI is InChI=1S/C24H24F4N2/c1-2-18-14-30-8-7-19(18)11-20(30)15-29(12-16-3-5-21(25)23(27)9-16)13-17-4-6-22(26)24(28)10-17/h1,3-6,9-10,18-20H,7-8,11-15H2/t18-,19+,20-/m1/s1. The Morgan fingerprint density at radius 1 is 0.933 bits per heavy atom. The minimum absolute atomic E-state index is 0.279. The fourth-order valence-corrected chi connectivity index (χ4v) is 4.79. The summed E-state index contributed by atoms with van der Waals surface area (Å²) >= 11 is 0. The molecule has 0 aromatic heterocycles. The molecule has 30 heavy (non-hydrogen) atoms. The van der Waals surface area contributed by atoms with Gasteiger partial charge in [0.2, 0.25) is 0 Å². The minimum Gasteiger partial charge on any atom is -0.298 e. The predicted molar refractivity (Wildman–Crippen MR) is 107 cm³/mol. The van der Waals surface area contributed by atoms with Crippen molar-refractivity contribution in [2.24, 2.45) is 11.8 Å². The van der Waals surface area contributed by atoms with Crippen LogP contribution in [-0.4, -0.2) is 35.5 Å². The zero-order valence-electron chi connectivity index (χ0n) is 16.6. The number of fused-ring (bicyclic) bond motifs is 3. The summed E-state index contributed by atoms with van der Waals surface area (Å²) in [7, 11) is 0. The first-order chi connectivity index (χ1) is 14.4. The third-order valence-corrected chi connectivity index (χ3v) is 6.34. The Balaban J connectivity index is 1.53. The van der Waals surface area contributed by atoms with Crippen molar-refractivity contribution >= 4 is 0 Å². The lowest BCUT2D eigenvalue weighted by molar-refractivity contribution is 0.00283. The highest BCUT2D eigenvalue weighted by Gasteiger charge is 2.39. The van der Waals surface area contributed by atoms with E-state index in [4.69, 9.17) is 6.42 Å². The summed E-state index contributed by atoms with van der Waals surface area (Å²) in [4.78, 5) is 4.48. The second kappa shape index (κ2) is 8.79. The van der Waals surface area contributed by atoms with E-state index < -0.39 is 23.3 Å². The van der Waals surface area contributed by atoms with Crippen LogP contribution in [0.15, 0.2) is 36.4 Å². The Morgan fingerprint density at radius 2 is 1.53 bits per heavy atom. The molecule has 3 saturated heterocycles. The predicted octanol–water partition coefficient (Wildman–Crippen LogP) is 4.59. The molecule has 0 spiro atoms. The van der Waals surface area contributed by atoms with Gasteiger partial charge in [-0.1, -0.05) is 12.1 Å². The molecule has 2 aromatic rings. The van der Waals surface area contributed by atoms with Crippen LogP contribution in [0.25, 0.3) is 0 Å². The summed E-state index contributed by atoms with van der Waals surface area (Å²) in [6.07, 6.45) is 7.76. The third kappa shape index (κ3) is 4.53. The normalized spacial score (nSPS) is 25.5. The largest absolute Gasteiger partial charge is 0.298 e. The molecular formula is C24H24F4N2. The molecule has 2 nitrogen and oxygen atoms in total. The van der Waals surface area contributed by atoms with Gasteiger partial charge in [-0.2, -0.15) is 0 Å². The van der Waals surface area contributed by atoms with Crippen LogP contribution in [0.1, 0.15) is 24.0 Å². The van der Waals surface area contributed by atoms with Gasteiger partial charge in [0.05, 0.1) is 0 Å². The number of benzene rings is 2. The van der Waals surface area contributed by atoms with Gasteiger partial charge in [0.1, 0.15) is 0 Å². The van der Waals surface area contributed by atoms with Gasteiger partial charge in [-0.25, -0.2) is 17.6 Å². The summed E-state index contributed by atoms with van der Waals surface area (Å²) in [6, 6.07) is 8.01. The summed E-state index contributed by atoms with van der Waals surface area (Å²) in [5.41, 5.74) is 1.27. The topological polar surface area (TPSA) is 6.48 Å². The number of piperidine rings is 3. The number of nitrogens with zero attached hydrogens (tertiary/aromatic N) is 2. The van der Waals surface area contributed by atoms with Crippen molar-refractivity contribution in [3.63, 3.8) is 0 Å². The summed E-state index contributed by atoms with van der Waals surface area (Å²) in [5, 5.41) is 0. The Bertz CT molecular complexity index is 901. The molecule has 4 atom stereocenters. The van der Waals surface area contributed by atoms with E-state index in [0.717, 1.165) is 38.1 Å². The van der Waals surface area contributed by atoms with Crippen LogP contribution in [0.2, 0.25) is 0 Å². The van der Waals surface area contributed by atoms with Crippen molar-refractivity contribution in [1.29, 1.82) is 0 Å². The molecule has 2 aromatic carbocycles. The maximum Gasteiger partial charge on any atom is 0.159 e. The zero-order valence-corrected chi connectivity index (χ0v) is 16.6. The Labute approximate surface area is 174 Å². The molecule has 3 heterocycles. The van der Waals surface area contributed by atoms with Crippen molar-refractivity contribution in [3.8, 4) is 12.3 Å². The van der Waals surface area contributed by atoms with Crippen LogP contribution in [0.5, 0.6) is 0 Å². The molecule has 1 unspecified atom stereocenters. The fourth-order valence-electron chi connectivity index (χ4n) is 4.79. The van der Waals surface area contributed by atoms with E-state index in [1.54, 1.807) is 12.1 Å². The average molecular weight is 416 g/mol. The molecule has 0 amide bonds. The first kappa shape index (κ1) is 20.9. The van der Waals surface area contributed by atoms with Gasteiger partial charge >= 0.3 is 0 Å². The van der Waals surface area contributed by atoms with Gasteiger partial charge in [0.25, 0.3) is 0 Å². The third-order valence-electron chi connectivity index (χ3n) is 6.34. The van der Waals surface area contributed by atoms with Crippen LogP contribution >= 0.6 is 0 Å². The molecule has 0 saturated carbocycles. The van der Waals surface area contributed by atoms with Gasteiger partial charge in [0, 0.05) is 38.1 Å². The Morgan fingerprint density at radius 3 is 2.00 bits per heavy atom. The van der Waals surface area contributed by atoms with Gasteiger partial charge in [-0.3, -0.25) is 9.80 Å². The number of terminal acetylenes is 1. The first-order valence-electron chi connectivity index (χ1n) is 10.2. The lowest BCUT2D eigenvalue weighted by Crippen LogP contribution is -2.56. The lowest BCUT2D eigenvalue weighted by Gasteiger charge is -2.49.